The fraction of sp³-hybridized carbons (Fsp3) is 0.653. The van der Waals surface area contributed by atoms with E-state index < -0.39 is 6.10 Å². The third-order valence-corrected chi connectivity index (χ3v) is 13.4. The average molecular weight is 1080 g/mol. The van der Waals surface area contributed by atoms with E-state index in [2.05, 4.69) is 154 Å². The minimum atomic E-state index is -0.786. The Balaban J connectivity index is 4.12. The first-order valence-electron chi connectivity index (χ1n) is 32.2. The van der Waals surface area contributed by atoms with E-state index in [1.807, 2.05) is 0 Å². The molecule has 442 valence electrons. The maximum Gasteiger partial charge on any atom is 0.306 e. The summed E-state index contributed by atoms with van der Waals surface area (Å²) in [5.74, 6) is -0.906. The Morgan fingerprint density at radius 3 is 0.782 bits per heavy atom. The molecule has 0 aliphatic heterocycles. The maximum absolute atomic E-state index is 12.8. The van der Waals surface area contributed by atoms with Crippen molar-refractivity contribution in [3.63, 3.8) is 0 Å². The Hall–Kier alpha value is -4.45. The van der Waals surface area contributed by atoms with Gasteiger partial charge in [0.1, 0.15) is 13.2 Å². The van der Waals surface area contributed by atoms with Crippen molar-refractivity contribution in [2.75, 3.05) is 13.2 Å². The molecule has 0 saturated heterocycles. The lowest BCUT2D eigenvalue weighted by Gasteiger charge is -2.18. The van der Waals surface area contributed by atoms with Crippen LogP contribution in [0.15, 0.2) is 134 Å². The molecule has 0 aromatic rings. The summed E-state index contributed by atoms with van der Waals surface area (Å²) < 4.78 is 16.8. The molecule has 0 N–H and O–H groups in total. The number of carbonyl (C=O) groups excluding carboxylic acids is 3. The van der Waals surface area contributed by atoms with Gasteiger partial charge in [-0.3, -0.25) is 14.4 Å². The van der Waals surface area contributed by atoms with E-state index in [-0.39, 0.29) is 31.1 Å². The molecule has 78 heavy (non-hydrogen) atoms. The first kappa shape index (κ1) is 73.5. The summed E-state index contributed by atoms with van der Waals surface area (Å²) >= 11 is 0. The molecule has 1 unspecified atom stereocenters. The maximum atomic E-state index is 12.8. The van der Waals surface area contributed by atoms with Crippen LogP contribution >= 0.6 is 0 Å². The summed E-state index contributed by atoms with van der Waals surface area (Å²) in [6.07, 6.45) is 92.1. The van der Waals surface area contributed by atoms with E-state index in [9.17, 15) is 14.4 Å². The van der Waals surface area contributed by atoms with Gasteiger partial charge in [0, 0.05) is 19.3 Å². The molecule has 6 heteroatoms. The van der Waals surface area contributed by atoms with Crippen molar-refractivity contribution in [3.8, 4) is 0 Å². The highest BCUT2D eigenvalue weighted by atomic mass is 16.6. The molecule has 6 nitrogen and oxygen atoms in total. The zero-order valence-corrected chi connectivity index (χ0v) is 50.6. The van der Waals surface area contributed by atoms with Crippen LogP contribution < -0.4 is 0 Å². The van der Waals surface area contributed by atoms with Gasteiger partial charge in [-0.25, -0.2) is 0 Å². The van der Waals surface area contributed by atoms with Gasteiger partial charge in [0.25, 0.3) is 0 Å². The number of rotatable bonds is 57. The molecule has 1 atom stereocenters. The number of esters is 3. The average Bonchev–Trinajstić information content (AvgIpc) is 3.44. The molecule has 0 heterocycles. The van der Waals surface area contributed by atoms with Gasteiger partial charge < -0.3 is 14.2 Å². The molecule has 0 radical (unpaired) electrons. The molecule has 0 aromatic carbocycles. The molecule has 0 saturated carbocycles. The topological polar surface area (TPSA) is 78.9 Å². The van der Waals surface area contributed by atoms with Gasteiger partial charge in [-0.1, -0.05) is 283 Å². The Morgan fingerprint density at radius 2 is 0.500 bits per heavy atom. The third kappa shape index (κ3) is 62.4. The summed E-state index contributed by atoms with van der Waals surface area (Å²) in [4.78, 5) is 38.0. The standard InChI is InChI=1S/C72H118O6/c1-4-7-10-13-16-18-20-22-24-26-28-30-32-33-34-35-36-37-38-39-41-42-44-46-48-50-52-54-56-59-62-65-71(74)77-68-69(67-76-70(73)64-61-58-15-12-9-6-3)78-72(75)66-63-60-57-55-53-51-49-47-45-43-40-31-29-27-25-23-21-19-17-14-11-8-5-2/h7-8,10-11,16-19,22-25,28-31,33-34,36-37,43,45,69H,4-6,9,12-15,20-21,26-27,32,35,38-42,44,46-68H2,1-3H3/b10-7-,11-8-,18-16-,19-17-,24-22-,25-23-,30-28-,31-29-,34-33-,37-36-,45-43-. The smallest absolute Gasteiger partial charge is 0.306 e. The normalized spacial score (nSPS) is 13.0. The van der Waals surface area contributed by atoms with E-state index in [1.165, 1.54) is 109 Å². The van der Waals surface area contributed by atoms with Crippen molar-refractivity contribution < 1.29 is 28.6 Å². The van der Waals surface area contributed by atoms with Crippen molar-refractivity contribution in [1.82, 2.24) is 0 Å². The van der Waals surface area contributed by atoms with Crippen LogP contribution in [-0.2, 0) is 28.6 Å². The highest BCUT2D eigenvalue weighted by Gasteiger charge is 2.19. The van der Waals surface area contributed by atoms with Crippen LogP contribution in [0.4, 0.5) is 0 Å². The molecule has 0 aliphatic carbocycles. The van der Waals surface area contributed by atoms with Crippen LogP contribution in [0, 0.1) is 0 Å². The Morgan fingerprint density at radius 1 is 0.269 bits per heavy atom. The van der Waals surface area contributed by atoms with Crippen LogP contribution in [0.2, 0.25) is 0 Å². The van der Waals surface area contributed by atoms with Gasteiger partial charge in [-0.05, 0) is 116 Å². The Kier molecular flexibility index (Phi) is 61.4. The fourth-order valence-electron chi connectivity index (χ4n) is 8.65. The van der Waals surface area contributed by atoms with Crippen molar-refractivity contribution in [2.45, 2.75) is 290 Å². The van der Waals surface area contributed by atoms with Crippen molar-refractivity contribution >= 4 is 17.9 Å². The number of hydrogen-bond acceptors (Lipinski definition) is 6. The van der Waals surface area contributed by atoms with Crippen LogP contribution in [0.1, 0.15) is 284 Å². The second-order valence-electron chi connectivity index (χ2n) is 20.9. The predicted molar refractivity (Wildman–Crippen MR) is 339 cm³/mol. The molecular weight excluding hydrogens is 961 g/mol. The minimum absolute atomic E-state index is 0.0849. The molecule has 0 rings (SSSR count). The molecule has 0 spiro atoms. The van der Waals surface area contributed by atoms with Gasteiger partial charge in [0.15, 0.2) is 6.10 Å². The van der Waals surface area contributed by atoms with Crippen LogP contribution in [0.5, 0.6) is 0 Å². The van der Waals surface area contributed by atoms with Gasteiger partial charge >= 0.3 is 17.9 Å². The summed E-state index contributed by atoms with van der Waals surface area (Å²) in [6.45, 7) is 6.35. The first-order valence-corrected chi connectivity index (χ1v) is 32.2. The first-order chi connectivity index (χ1) is 38.5. The fourth-order valence-corrected chi connectivity index (χ4v) is 8.65. The van der Waals surface area contributed by atoms with Crippen molar-refractivity contribution in [1.29, 1.82) is 0 Å². The van der Waals surface area contributed by atoms with Crippen LogP contribution in [0.25, 0.3) is 0 Å². The molecule has 0 amide bonds. The van der Waals surface area contributed by atoms with E-state index in [0.717, 1.165) is 135 Å². The Bertz CT molecular complexity index is 1670. The van der Waals surface area contributed by atoms with Crippen LogP contribution in [0.3, 0.4) is 0 Å². The summed E-state index contributed by atoms with van der Waals surface area (Å²) in [6, 6.07) is 0. The van der Waals surface area contributed by atoms with Gasteiger partial charge in [-0.2, -0.15) is 0 Å². The van der Waals surface area contributed by atoms with Gasteiger partial charge in [0.2, 0.25) is 0 Å². The summed E-state index contributed by atoms with van der Waals surface area (Å²) in [5.41, 5.74) is 0. The second-order valence-corrected chi connectivity index (χ2v) is 20.9. The van der Waals surface area contributed by atoms with Crippen molar-refractivity contribution in [2.24, 2.45) is 0 Å². The summed E-state index contributed by atoms with van der Waals surface area (Å²) in [5, 5.41) is 0. The number of unbranched alkanes of at least 4 members (excludes halogenated alkanes) is 24. The molecule has 0 fully saturated rings. The van der Waals surface area contributed by atoms with Crippen LogP contribution in [-0.4, -0.2) is 37.2 Å². The predicted octanol–water partition coefficient (Wildman–Crippen LogP) is 22.2. The monoisotopic (exact) mass is 1080 g/mol. The molecule has 0 aromatic heterocycles. The number of allylic oxidation sites excluding steroid dienone is 22. The SMILES string of the molecule is CC/C=C\C/C=C\C/C=C\C/C=C\C/C=C\C/C=C\CCCCCCCCCCCCCCC(=O)OCC(COC(=O)CCCCCCCC)OC(=O)CCCCCCCCC/C=C\C/C=C\C/C=C\C/C=C\C/C=C\CC. The Labute approximate surface area is 481 Å². The van der Waals surface area contributed by atoms with Gasteiger partial charge in [-0.15, -0.1) is 0 Å². The van der Waals surface area contributed by atoms with E-state index >= 15 is 0 Å². The lowest BCUT2D eigenvalue weighted by molar-refractivity contribution is -0.167. The summed E-state index contributed by atoms with van der Waals surface area (Å²) in [7, 11) is 0. The van der Waals surface area contributed by atoms with Gasteiger partial charge in [0.05, 0.1) is 0 Å². The van der Waals surface area contributed by atoms with E-state index in [0.29, 0.717) is 19.3 Å². The van der Waals surface area contributed by atoms with E-state index in [4.69, 9.17) is 14.2 Å². The number of carbonyl (C=O) groups is 3. The lowest BCUT2D eigenvalue weighted by atomic mass is 10.0. The number of hydrogen-bond donors (Lipinski definition) is 0. The second kappa shape index (κ2) is 65.1. The largest absolute Gasteiger partial charge is 0.462 e. The van der Waals surface area contributed by atoms with E-state index in [1.54, 1.807) is 0 Å². The lowest BCUT2D eigenvalue weighted by Crippen LogP contribution is -2.30. The highest BCUT2D eigenvalue weighted by molar-refractivity contribution is 5.71. The minimum Gasteiger partial charge on any atom is -0.462 e. The molecule has 0 aliphatic rings. The van der Waals surface area contributed by atoms with Crippen molar-refractivity contribution in [3.05, 3.63) is 134 Å². The molecular formula is C72H118O6. The molecule has 0 bridgehead atoms. The quantitative estimate of drug-likeness (QED) is 0.0261. The zero-order chi connectivity index (χ0) is 56.4. The highest BCUT2D eigenvalue weighted by Crippen LogP contribution is 2.16. The third-order valence-electron chi connectivity index (χ3n) is 13.4. The zero-order valence-electron chi connectivity index (χ0n) is 50.6. The number of ether oxygens (including phenoxy) is 3.